The van der Waals surface area contributed by atoms with E-state index < -0.39 is 11.9 Å². The fourth-order valence-corrected chi connectivity index (χ4v) is 5.08. The van der Waals surface area contributed by atoms with E-state index in [0.29, 0.717) is 15.6 Å². The molecule has 0 fully saturated rings. The molecule has 3 amide bonds. The van der Waals surface area contributed by atoms with Gasteiger partial charge in [-0.3, -0.25) is 14.4 Å². The zero-order valence-corrected chi connectivity index (χ0v) is 17.8. The van der Waals surface area contributed by atoms with Crippen LogP contribution in [0.15, 0.2) is 24.3 Å². The molecular formula is C21H24ClN3O3S. The molecule has 0 saturated carbocycles. The van der Waals surface area contributed by atoms with E-state index in [1.54, 1.807) is 24.3 Å². The summed E-state index contributed by atoms with van der Waals surface area (Å²) in [6.45, 7) is 1.41. The van der Waals surface area contributed by atoms with Crippen LogP contribution >= 0.6 is 22.9 Å². The van der Waals surface area contributed by atoms with Crippen LogP contribution in [-0.2, 0) is 22.4 Å². The summed E-state index contributed by atoms with van der Waals surface area (Å²) in [7, 11) is 0. The molecule has 0 radical (unpaired) electrons. The fraction of sp³-hybridized carbons (Fsp3) is 0.381. The lowest BCUT2D eigenvalue weighted by Gasteiger charge is -2.18. The maximum absolute atomic E-state index is 12.8. The number of nitrogens with two attached hydrogens (primary N) is 1. The second-order valence-electron chi connectivity index (χ2n) is 7.19. The first kappa shape index (κ1) is 21.3. The molecule has 1 aliphatic carbocycles. The first-order chi connectivity index (χ1) is 13.8. The van der Waals surface area contributed by atoms with Gasteiger partial charge in [0.2, 0.25) is 11.8 Å². The third kappa shape index (κ3) is 5.36. The number of carbonyl (C=O) groups excluding carboxylic acids is 3. The SMILES string of the molecule is CC(=O)NC(CC(=O)Nc1sc2c(c1C(N)=O)CCCCC2)c1ccc(Cl)cc1. The Hall–Kier alpha value is -2.38. The van der Waals surface area contributed by atoms with Crippen LogP contribution in [0, 0.1) is 0 Å². The van der Waals surface area contributed by atoms with Crippen molar-refractivity contribution in [2.45, 2.75) is 51.5 Å². The number of primary amides is 1. The molecule has 1 unspecified atom stereocenters. The van der Waals surface area contributed by atoms with Gasteiger partial charge < -0.3 is 16.4 Å². The summed E-state index contributed by atoms with van der Waals surface area (Å²) in [5.41, 5.74) is 7.82. The molecule has 4 N–H and O–H groups in total. The van der Waals surface area contributed by atoms with Crippen LogP contribution in [0.1, 0.15) is 65.0 Å². The lowest BCUT2D eigenvalue weighted by molar-refractivity contribution is -0.120. The van der Waals surface area contributed by atoms with Gasteiger partial charge in [0.15, 0.2) is 0 Å². The molecule has 1 atom stereocenters. The number of amides is 3. The van der Waals surface area contributed by atoms with Crippen molar-refractivity contribution >= 4 is 45.7 Å². The van der Waals surface area contributed by atoms with E-state index in [4.69, 9.17) is 17.3 Å². The highest BCUT2D eigenvalue weighted by atomic mass is 35.5. The van der Waals surface area contributed by atoms with Crippen molar-refractivity contribution < 1.29 is 14.4 Å². The Balaban J connectivity index is 1.80. The van der Waals surface area contributed by atoms with Gasteiger partial charge in [-0.05, 0) is 48.9 Å². The van der Waals surface area contributed by atoms with Crippen molar-refractivity contribution in [1.82, 2.24) is 5.32 Å². The summed E-state index contributed by atoms with van der Waals surface area (Å²) in [4.78, 5) is 37.6. The summed E-state index contributed by atoms with van der Waals surface area (Å²) in [6.07, 6.45) is 4.94. The number of aryl methyl sites for hydroxylation is 1. The van der Waals surface area contributed by atoms with E-state index in [0.717, 1.165) is 48.1 Å². The van der Waals surface area contributed by atoms with Crippen LogP contribution in [0.2, 0.25) is 5.02 Å². The third-order valence-electron chi connectivity index (χ3n) is 4.96. The topological polar surface area (TPSA) is 101 Å². The van der Waals surface area contributed by atoms with Crippen molar-refractivity contribution in [3.8, 4) is 0 Å². The van der Waals surface area contributed by atoms with Gasteiger partial charge in [-0.25, -0.2) is 0 Å². The highest BCUT2D eigenvalue weighted by molar-refractivity contribution is 7.17. The molecule has 1 aromatic heterocycles. The normalized spacial score (nSPS) is 14.4. The third-order valence-corrected chi connectivity index (χ3v) is 6.42. The predicted molar refractivity (Wildman–Crippen MR) is 115 cm³/mol. The van der Waals surface area contributed by atoms with Crippen molar-refractivity contribution in [2.24, 2.45) is 5.73 Å². The summed E-state index contributed by atoms with van der Waals surface area (Å²) >= 11 is 7.37. The van der Waals surface area contributed by atoms with Crippen LogP contribution in [-0.4, -0.2) is 17.7 Å². The summed E-state index contributed by atoms with van der Waals surface area (Å²) in [5.74, 6) is -1.05. The van der Waals surface area contributed by atoms with E-state index in [1.165, 1.54) is 18.3 Å². The number of thiophene rings is 1. The molecule has 2 aromatic rings. The molecule has 3 rings (SSSR count). The molecule has 1 aromatic carbocycles. The minimum absolute atomic E-state index is 0.0297. The van der Waals surface area contributed by atoms with Gasteiger partial charge in [-0.1, -0.05) is 30.2 Å². The quantitative estimate of drug-likeness (QED) is 0.600. The highest BCUT2D eigenvalue weighted by Crippen LogP contribution is 2.37. The second kappa shape index (κ2) is 9.41. The predicted octanol–water partition coefficient (Wildman–Crippen LogP) is 3.98. The number of hydrogen-bond donors (Lipinski definition) is 3. The van der Waals surface area contributed by atoms with E-state index in [1.807, 2.05) is 0 Å². The Labute approximate surface area is 178 Å². The second-order valence-corrected chi connectivity index (χ2v) is 8.73. The minimum atomic E-state index is -0.518. The zero-order chi connectivity index (χ0) is 21.0. The Bertz CT molecular complexity index is 924. The zero-order valence-electron chi connectivity index (χ0n) is 16.2. The smallest absolute Gasteiger partial charge is 0.251 e. The average molecular weight is 434 g/mol. The molecular weight excluding hydrogens is 410 g/mol. The van der Waals surface area contributed by atoms with Crippen LogP contribution in [0.5, 0.6) is 0 Å². The van der Waals surface area contributed by atoms with Crippen LogP contribution in [0.3, 0.4) is 0 Å². The van der Waals surface area contributed by atoms with E-state index in [-0.39, 0.29) is 18.2 Å². The molecule has 1 heterocycles. The average Bonchev–Trinajstić information content (AvgIpc) is 2.82. The Morgan fingerprint density at radius 3 is 2.48 bits per heavy atom. The number of anilines is 1. The van der Waals surface area contributed by atoms with Gasteiger partial charge in [-0.2, -0.15) is 0 Å². The summed E-state index contributed by atoms with van der Waals surface area (Å²) < 4.78 is 0. The lowest BCUT2D eigenvalue weighted by atomic mass is 10.0. The Morgan fingerprint density at radius 1 is 1.14 bits per heavy atom. The molecule has 0 saturated heterocycles. The molecule has 1 aliphatic rings. The van der Waals surface area contributed by atoms with Crippen molar-refractivity contribution in [3.05, 3.63) is 50.9 Å². The lowest BCUT2D eigenvalue weighted by Crippen LogP contribution is -2.30. The number of fused-ring (bicyclic) bond motifs is 1. The molecule has 29 heavy (non-hydrogen) atoms. The van der Waals surface area contributed by atoms with Gasteiger partial charge in [0, 0.05) is 16.8 Å². The first-order valence-corrected chi connectivity index (χ1v) is 10.8. The Kier molecular flexibility index (Phi) is 6.92. The number of hydrogen-bond acceptors (Lipinski definition) is 4. The highest BCUT2D eigenvalue weighted by Gasteiger charge is 2.25. The van der Waals surface area contributed by atoms with Crippen LogP contribution < -0.4 is 16.4 Å². The monoisotopic (exact) mass is 433 g/mol. The number of rotatable bonds is 6. The molecule has 0 aliphatic heterocycles. The van der Waals surface area contributed by atoms with Gasteiger partial charge >= 0.3 is 0 Å². The summed E-state index contributed by atoms with van der Waals surface area (Å²) in [5, 5.41) is 6.73. The fourth-order valence-electron chi connectivity index (χ4n) is 3.65. The van der Waals surface area contributed by atoms with Gasteiger partial charge in [0.1, 0.15) is 5.00 Å². The number of carbonyl (C=O) groups is 3. The number of nitrogens with one attached hydrogen (secondary N) is 2. The summed E-state index contributed by atoms with van der Waals surface area (Å²) in [6, 6.07) is 6.48. The standard InChI is InChI=1S/C21H24ClN3O3S/c1-12(26)24-16(13-7-9-14(22)10-8-13)11-18(27)25-21-19(20(23)28)15-5-3-2-4-6-17(15)29-21/h7-10,16H,2-6,11H2,1H3,(H2,23,28)(H,24,26)(H,25,27). The van der Waals surface area contributed by atoms with Crippen LogP contribution in [0.25, 0.3) is 0 Å². The van der Waals surface area contributed by atoms with Crippen molar-refractivity contribution in [3.63, 3.8) is 0 Å². The van der Waals surface area contributed by atoms with Gasteiger partial charge in [-0.15, -0.1) is 11.3 Å². The molecule has 6 nitrogen and oxygen atoms in total. The largest absolute Gasteiger partial charge is 0.365 e. The maximum atomic E-state index is 12.8. The number of benzene rings is 1. The molecule has 0 bridgehead atoms. The molecule has 0 spiro atoms. The van der Waals surface area contributed by atoms with Crippen LogP contribution in [0.4, 0.5) is 5.00 Å². The van der Waals surface area contributed by atoms with Gasteiger partial charge in [0.25, 0.3) is 5.91 Å². The van der Waals surface area contributed by atoms with E-state index >= 15 is 0 Å². The molecule has 154 valence electrons. The first-order valence-electron chi connectivity index (χ1n) is 9.62. The van der Waals surface area contributed by atoms with Gasteiger partial charge in [0.05, 0.1) is 18.0 Å². The minimum Gasteiger partial charge on any atom is -0.365 e. The van der Waals surface area contributed by atoms with E-state index in [2.05, 4.69) is 10.6 Å². The maximum Gasteiger partial charge on any atom is 0.251 e. The number of halogens is 1. The molecule has 8 heteroatoms. The van der Waals surface area contributed by atoms with Crippen molar-refractivity contribution in [2.75, 3.05) is 5.32 Å². The van der Waals surface area contributed by atoms with Crippen molar-refractivity contribution in [1.29, 1.82) is 0 Å². The van der Waals surface area contributed by atoms with E-state index in [9.17, 15) is 14.4 Å². The Morgan fingerprint density at radius 2 is 1.83 bits per heavy atom.